The number of hydrogen-bond donors (Lipinski definition) is 1. The van der Waals surface area contributed by atoms with Crippen LogP contribution in [0.5, 0.6) is 0 Å². The Hall–Kier alpha value is -3.55. The van der Waals surface area contributed by atoms with E-state index in [1.165, 1.54) is 25.3 Å². The number of rotatable bonds is 3. The Morgan fingerprint density at radius 1 is 1.21 bits per heavy atom. The maximum absolute atomic E-state index is 13.1. The molecule has 0 unspecified atom stereocenters. The second-order valence-corrected chi connectivity index (χ2v) is 6.53. The Morgan fingerprint density at radius 2 is 2.00 bits per heavy atom. The number of halogens is 1. The largest absolute Gasteiger partial charge is 0.356 e. The van der Waals surface area contributed by atoms with Crippen molar-refractivity contribution in [1.82, 2.24) is 15.0 Å². The molecule has 28 heavy (non-hydrogen) atoms. The van der Waals surface area contributed by atoms with Crippen LogP contribution in [0.15, 0.2) is 47.1 Å². The van der Waals surface area contributed by atoms with Crippen molar-refractivity contribution in [1.29, 1.82) is 0 Å². The minimum Gasteiger partial charge on any atom is -0.356 e. The molecule has 1 aliphatic rings. The van der Waals surface area contributed by atoms with E-state index in [1.807, 2.05) is 0 Å². The lowest BCUT2D eigenvalue weighted by Gasteiger charge is -2.26. The molecule has 2 aromatic heterocycles. The summed E-state index contributed by atoms with van der Waals surface area (Å²) < 4.78 is 18.6. The topological polar surface area (TPSA) is 88.3 Å². The van der Waals surface area contributed by atoms with Crippen molar-refractivity contribution in [2.24, 2.45) is 0 Å². The zero-order valence-corrected chi connectivity index (χ0v) is 15.1. The number of nitrogens with one attached hydrogen (secondary N) is 1. The van der Waals surface area contributed by atoms with Crippen LogP contribution >= 0.6 is 0 Å². The Morgan fingerprint density at radius 3 is 2.75 bits per heavy atom. The molecule has 0 saturated heterocycles. The summed E-state index contributed by atoms with van der Waals surface area (Å²) in [5.74, 6) is 0.196. The van der Waals surface area contributed by atoms with Crippen molar-refractivity contribution in [2.45, 2.75) is 19.9 Å². The number of pyridine rings is 1. The molecule has 0 bridgehead atoms. The molecule has 4 rings (SSSR count). The van der Waals surface area contributed by atoms with Gasteiger partial charge in [0, 0.05) is 36.4 Å². The molecule has 8 heteroatoms. The highest BCUT2D eigenvalue weighted by molar-refractivity contribution is 5.96. The van der Waals surface area contributed by atoms with Gasteiger partial charge in [0.15, 0.2) is 5.76 Å². The lowest BCUT2D eigenvalue weighted by Crippen LogP contribution is -2.36. The molecule has 1 aromatic carbocycles. The number of fused-ring (bicyclic) bond motifs is 1. The molecule has 0 atom stereocenters. The summed E-state index contributed by atoms with van der Waals surface area (Å²) in [5, 5.41) is 6.68. The van der Waals surface area contributed by atoms with Gasteiger partial charge in [-0.2, -0.15) is 0 Å². The first kappa shape index (κ1) is 17.8. The van der Waals surface area contributed by atoms with E-state index in [0.29, 0.717) is 42.3 Å². The molecule has 0 aliphatic carbocycles. The molecule has 0 radical (unpaired) electrons. The van der Waals surface area contributed by atoms with Crippen LogP contribution in [0.25, 0.3) is 11.3 Å². The Bertz CT molecular complexity index is 1050. The summed E-state index contributed by atoms with van der Waals surface area (Å²) in [7, 11) is 0. The van der Waals surface area contributed by atoms with Crippen LogP contribution in [0, 0.1) is 5.82 Å². The minimum absolute atomic E-state index is 0.175. The summed E-state index contributed by atoms with van der Waals surface area (Å²) >= 11 is 0. The predicted octanol–water partition coefficient (Wildman–Crippen LogP) is 3.03. The number of benzene rings is 1. The Kier molecular flexibility index (Phi) is 4.60. The summed E-state index contributed by atoms with van der Waals surface area (Å²) in [6, 6.07) is 9.20. The molecule has 1 aliphatic heterocycles. The van der Waals surface area contributed by atoms with Crippen LogP contribution in [-0.4, -0.2) is 33.4 Å². The van der Waals surface area contributed by atoms with Gasteiger partial charge in [0.25, 0.3) is 5.91 Å². The average molecular weight is 380 g/mol. The third-order valence-corrected chi connectivity index (χ3v) is 4.55. The number of carbonyl (C=O) groups is 2. The van der Waals surface area contributed by atoms with Crippen LogP contribution in [0.2, 0.25) is 0 Å². The number of carbonyl (C=O) groups excluding carboxylic acids is 2. The normalized spacial score (nSPS) is 13.1. The predicted molar refractivity (Wildman–Crippen MR) is 98.9 cm³/mol. The number of hydrogen-bond acceptors (Lipinski definition) is 5. The van der Waals surface area contributed by atoms with E-state index < -0.39 is 0 Å². The minimum atomic E-state index is -0.315. The molecular weight excluding hydrogens is 363 g/mol. The number of nitrogens with zero attached hydrogens (tertiary/aromatic N) is 3. The van der Waals surface area contributed by atoms with Gasteiger partial charge in [-0.3, -0.25) is 9.59 Å². The highest BCUT2D eigenvalue weighted by Crippen LogP contribution is 2.31. The lowest BCUT2D eigenvalue weighted by molar-refractivity contribution is -0.114. The van der Waals surface area contributed by atoms with Crippen LogP contribution in [0.1, 0.15) is 28.5 Å². The number of aromatic nitrogens is 2. The van der Waals surface area contributed by atoms with Crippen molar-refractivity contribution in [3.8, 4) is 11.3 Å². The van der Waals surface area contributed by atoms with Gasteiger partial charge >= 0.3 is 0 Å². The maximum Gasteiger partial charge on any atom is 0.254 e. The monoisotopic (exact) mass is 380 g/mol. The third kappa shape index (κ3) is 3.48. The first-order chi connectivity index (χ1) is 13.5. The molecule has 3 aromatic rings. The second kappa shape index (κ2) is 7.22. The summed E-state index contributed by atoms with van der Waals surface area (Å²) in [5.41, 5.74) is 2.81. The maximum atomic E-state index is 13.1. The highest BCUT2D eigenvalue weighted by atomic mass is 19.1. The van der Waals surface area contributed by atoms with Gasteiger partial charge in [0.2, 0.25) is 5.91 Å². The molecule has 142 valence electrons. The fraction of sp³-hybridized carbons (Fsp3) is 0.200. The SMILES string of the molecule is CC(=O)Nc1cc(C(=O)N2CCc3c(noc3-c3ccc(F)cc3)C2)ccn1. The average Bonchev–Trinajstić information content (AvgIpc) is 3.11. The van der Waals surface area contributed by atoms with Gasteiger partial charge in [-0.1, -0.05) is 5.16 Å². The van der Waals surface area contributed by atoms with Crippen LogP contribution in [0.3, 0.4) is 0 Å². The zero-order chi connectivity index (χ0) is 19.7. The quantitative estimate of drug-likeness (QED) is 0.755. The van der Waals surface area contributed by atoms with Gasteiger partial charge in [-0.25, -0.2) is 9.37 Å². The number of amides is 2. The Labute approximate surface area is 160 Å². The van der Waals surface area contributed by atoms with Crippen molar-refractivity contribution >= 4 is 17.6 Å². The van der Waals surface area contributed by atoms with E-state index in [-0.39, 0.29) is 17.6 Å². The van der Waals surface area contributed by atoms with E-state index in [4.69, 9.17) is 4.52 Å². The molecule has 0 fully saturated rings. The molecular formula is C20H17FN4O3. The zero-order valence-electron chi connectivity index (χ0n) is 15.1. The van der Waals surface area contributed by atoms with E-state index >= 15 is 0 Å². The third-order valence-electron chi connectivity index (χ3n) is 4.55. The first-order valence-corrected chi connectivity index (χ1v) is 8.77. The molecule has 7 nitrogen and oxygen atoms in total. The summed E-state index contributed by atoms with van der Waals surface area (Å²) in [6.07, 6.45) is 2.07. The van der Waals surface area contributed by atoms with Crippen LogP contribution < -0.4 is 5.32 Å². The van der Waals surface area contributed by atoms with Gasteiger partial charge in [-0.15, -0.1) is 0 Å². The van der Waals surface area contributed by atoms with Crippen molar-refractivity contribution in [3.63, 3.8) is 0 Å². The van der Waals surface area contributed by atoms with E-state index in [0.717, 1.165) is 11.1 Å². The van der Waals surface area contributed by atoms with Gasteiger partial charge in [0.05, 0.1) is 6.54 Å². The highest BCUT2D eigenvalue weighted by Gasteiger charge is 2.28. The van der Waals surface area contributed by atoms with Gasteiger partial charge in [0.1, 0.15) is 17.3 Å². The molecule has 0 spiro atoms. The lowest BCUT2D eigenvalue weighted by atomic mass is 10.00. The summed E-state index contributed by atoms with van der Waals surface area (Å²) in [4.78, 5) is 29.7. The van der Waals surface area contributed by atoms with Crippen LogP contribution in [-0.2, 0) is 17.8 Å². The van der Waals surface area contributed by atoms with Gasteiger partial charge in [-0.05, 0) is 42.8 Å². The smallest absolute Gasteiger partial charge is 0.254 e. The fourth-order valence-electron chi connectivity index (χ4n) is 3.23. The van der Waals surface area contributed by atoms with Crippen molar-refractivity contribution in [3.05, 3.63) is 65.2 Å². The molecule has 2 amide bonds. The molecule has 0 saturated carbocycles. The Balaban J connectivity index is 1.54. The number of anilines is 1. The van der Waals surface area contributed by atoms with Crippen LogP contribution in [0.4, 0.5) is 10.2 Å². The van der Waals surface area contributed by atoms with E-state index in [9.17, 15) is 14.0 Å². The summed E-state index contributed by atoms with van der Waals surface area (Å²) in [6.45, 7) is 2.20. The first-order valence-electron chi connectivity index (χ1n) is 8.77. The molecule has 1 N–H and O–H groups in total. The van der Waals surface area contributed by atoms with Crippen molar-refractivity contribution < 1.29 is 18.5 Å². The van der Waals surface area contributed by atoms with E-state index in [2.05, 4.69) is 15.5 Å². The van der Waals surface area contributed by atoms with E-state index in [1.54, 1.807) is 29.2 Å². The molecule has 3 heterocycles. The second-order valence-electron chi connectivity index (χ2n) is 6.53. The van der Waals surface area contributed by atoms with Gasteiger partial charge < -0.3 is 14.7 Å². The van der Waals surface area contributed by atoms with Crippen molar-refractivity contribution in [2.75, 3.05) is 11.9 Å². The standard InChI is InChI=1S/C20H17FN4O3/c1-12(26)23-18-10-14(6-8-22-18)20(27)25-9-7-16-17(11-25)24-28-19(16)13-2-4-15(21)5-3-13/h2-6,8,10H,7,9,11H2,1H3,(H,22,23,26). The fourth-order valence-corrected chi connectivity index (χ4v) is 3.23.